The Labute approximate surface area is 169 Å². The van der Waals surface area contributed by atoms with E-state index in [2.05, 4.69) is 5.32 Å². The van der Waals surface area contributed by atoms with Crippen LogP contribution in [-0.2, 0) is 17.9 Å². The van der Waals surface area contributed by atoms with Crippen molar-refractivity contribution < 1.29 is 4.79 Å². The Morgan fingerprint density at radius 3 is 2.54 bits per heavy atom. The molecule has 146 valence electrons. The van der Waals surface area contributed by atoms with Crippen molar-refractivity contribution in [1.82, 2.24) is 14.5 Å². The van der Waals surface area contributed by atoms with Crippen LogP contribution in [0.25, 0.3) is 11.3 Å². The van der Waals surface area contributed by atoms with Gasteiger partial charge in [-0.1, -0.05) is 53.6 Å². The van der Waals surface area contributed by atoms with Crippen molar-refractivity contribution in [2.24, 2.45) is 0 Å². The van der Waals surface area contributed by atoms with E-state index in [1.54, 1.807) is 22.9 Å². The standard InChI is InChI=1S/C22H24ClN3O2/c1-4-26-20(17-8-10-19(23)11-9-17)13-25(22(26)28)14-21(27)24-16(3)18-7-5-6-15(2)12-18/h5-13,16H,4,14H2,1-3H3,(H,24,27). The van der Waals surface area contributed by atoms with Gasteiger partial charge in [0, 0.05) is 17.8 Å². The van der Waals surface area contributed by atoms with E-state index in [4.69, 9.17) is 11.6 Å². The predicted molar refractivity (Wildman–Crippen MR) is 113 cm³/mol. The van der Waals surface area contributed by atoms with E-state index in [9.17, 15) is 9.59 Å². The number of benzene rings is 2. The minimum absolute atomic E-state index is 0.0252. The summed E-state index contributed by atoms with van der Waals surface area (Å²) in [6, 6.07) is 15.2. The van der Waals surface area contributed by atoms with Crippen LogP contribution in [0.5, 0.6) is 0 Å². The van der Waals surface area contributed by atoms with E-state index < -0.39 is 0 Å². The van der Waals surface area contributed by atoms with Crippen LogP contribution in [0.1, 0.15) is 31.0 Å². The molecule has 0 aliphatic rings. The number of carbonyl (C=O) groups is 1. The Morgan fingerprint density at radius 1 is 1.18 bits per heavy atom. The number of rotatable bonds is 6. The molecule has 1 atom stereocenters. The number of nitrogens with one attached hydrogen (secondary N) is 1. The highest BCUT2D eigenvalue weighted by molar-refractivity contribution is 6.30. The van der Waals surface area contributed by atoms with E-state index in [1.807, 2.05) is 57.2 Å². The number of hydrogen-bond donors (Lipinski definition) is 1. The van der Waals surface area contributed by atoms with E-state index in [0.717, 1.165) is 22.4 Å². The lowest BCUT2D eigenvalue weighted by molar-refractivity contribution is -0.122. The van der Waals surface area contributed by atoms with Crippen molar-refractivity contribution in [2.45, 2.75) is 39.9 Å². The fourth-order valence-electron chi connectivity index (χ4n) is 3.27. The molecule has 3 rings (SSSR count). The molecule has 0 bridgehead atoms. The fraction of sp³-hybridized carbons (Fsp3) is 0.273. The minimum Gasteiger partial charge on any atom is -0.348 e. The van der Waals surface area contributed by atoms with E-state index in [-0.39, 0.29) is 24.2 Å². The van der Waals surface area contributed by atoms with Crippen molar-refractivity contribution in [2.75, 3.05) is 0 Å². The Morgan fingerprint density at radius 2 is 1.89 bits per heavy atom. The summed E-state index contributed by atoms with van der Waals surface area (Å²) >= 11 is 5.96. The summed E-state index contributed by atoms with van der Waals surface area (Å²) < 4.78 is 3.10. The molecule has 0 radical (unpaired) electrons. The number of hydrogen-bond acceptors (Lipinski definition) is 2. The van der Waals surface area contributed by atoms with Gasteiger partial charge in [-0.15, -0.1) is 0 Å². The number of aryl methyl sites for hydroxylation is 1. The van der Waals surface area contributed by atoms with Gasteiger partial charge in [0.05, 0.1) is 11.7 Å². The first-order chi connectivity index (χ1) is 13.4. The number of amides is 1. The molecule has 1 unspecified atom stereocenters. The van der Waals surface area contributed by atoms with E-state index in [0.29, 0.717) is 11.6 Å². The molecule has 0 spiro atoms. The summed E-state index contributed by atoms with van der Waals surface area (Å²) in [5, 5.41) is 3.60. The lowest BCUT2D eigenvalue weighted by Crippen LogP contribution is -2.34. The maximum atomic E-state index is 12.7. The summed E-state index contributed by atoms with van der Waals surface area (Å²) in [5.74, 6) is -0.202. The van der Waals surface area contributed by atoms with Crippen LogP contribution in [0, 0.1) is 6.92 Å². The SMILES string of the molecule is CCn1c(-c2ccc(Cl)cc2)cn(CC(=O)NC(C)c2cccc(C)c2)c1=O. The van der Waals surface area contributed by atoms with Gasteiger partial charge in [0.1, 0.15) is 6.54 Å². The molecule has 0 saturated carbocycles. The molecule has 0 aliphatic heterocycles. The lowest BCUT2D eigenvalue weighted by Gasteiger charge is -2.15. The zero-order chi connectivity index (χ0) is 20.3. The normalized spacial score (nSPS) is 12.0. The van der Waals surface area contributed by atoms with Crippen LogP contribution < -0.4 is 11.0 Å². The average molecular weight is 398 g/mol. The monoisotopic (exact) mass is 397 g/mol. The highest BCUT2D eigenvalue weighted by atomic mass is 35.5. The van der Waals surface area contributed by atoms with Gasteiger partial charge in [-0.25, -0.2) is 4.79 Å². The van der Waals surface area contributed by atoms with Crippen molar-refractivity contribution >= 4 is 17.5 Å². The molecule has 0 aliphatic carbocycles. The highest BCUT2D eigenvalue weighted by Gasteiger charge is 2.16. The second-order valence-corrected chi connectivity index (χ2v) is 7.32. The molecule has 1 aromatic heterocycles. The Balaban J connectivity index is 1.79. The van der Waals surface area contributed by atoms with Gasteiger partial charge in [0.15, 0.2) is 0 Å². The zero-order valence-electron chi connectivity index (χ0n) is 16.3. The van der Waals surface area contributed by atoms with Crippen LogP contribution >= 0.6 is 11.6 Å². The van der Waals surface area contributed by atoms with Gasteiger partial charge in [-0.2, -0.15) is 0 Å². The predicted octanol–water partition coefficient (Wildman–Crippen LogP) is 4.18. The third kappa shape index (κ3) is 4.37. The largest absolute Gasteiger partial charge is 0.348 e. The quantitative estimate of drug-likeness (QED) is 0.678. The summed E-state index contributed by atoms with van der Waals surface area (Å²) in [6.45, 7) is 6.36. The van der Waals surface area contributed by atoms with Crippen molar-refractivity contribution in [3.63, 3.8) is 0 Å². The van der Waals surface area contributed by atoms with Crippen LogP contribution in [0.15, 0.2) is 59.5 Å². The Bertz CT molecular complexity index is 1030. The Hall–Kier alpha value is -2.79. The zero-order valence-corrected chi connectivity index (χ0v) is 17.0. The maximum absolute atomic E-state index is 12.7. The summed E-state index contributed by atoms with van der Waals surface area (Å²) in [5.41, 5.74) is 3.63. The molecule has 1 heterocycles. The molecule has 1 amide bonds. The number of aromatic nitrogens is 2. The average Bonchev–Trinajstić information content (AvgIpc) is 2.97. The lowest BCUT2D eigenvalue weighted by atomic mass is 10.1. The molecule has 6 heteroatoms. The van der Waals surface area contributed by atoms with Gasteiger partial charge in [-0.05, 0) is 44.0 Å². The van der Waals surface area contributed by atoms with E-state index >= 15 is 0 Å². The first kappa shape index (κ1) is 20.0. The van der Waals surface area contributed by atoms with Gasteiger partial charge >= 0.3 is 5.69 Å². The van der Waals surface area contributed by atoms with Gasteiger partial charge in [-0.3, -0.25) is 13.9 Å². The molecule has 0 fully saturated rings. The van der Waals surface area contributed by atoms with Gasteiger partial charge < -0.3 is 5.32 Å². The molecule has 0 saturated heterocycles. The van der Waals surface area contributed by atoms with Crippen LogP contribution in [-0.4, -0.2) is 15.0 Å². The smallest absolute Gasteiger partial charge is 0.329 e. The number of imidazole rings is 1. The van der Waals surface area contributed by atoms with E-state index in [1.165, 1.54) is 4.57 Å². The van der Waals surface area contributed by atoms with Crippen molar-refractivity contribution in [3.8, 4) is 11.3 Å². The number of nitrogens with zero attached hydrogens (tertiary/aromatic N) is 2. The molecular weight excluding hydrogens is 374 g/mol. The third-order valence-corrected chi connectivity index (χ3v) is 4.99. The van der Waals surface area contributed by atoms with Crippen LogP contribution in [0.4, 0.5) is 0 Å². The molecule has 1 N–H and O–H groups in total. The maximum Gasteiger partial charge on any atom is 0.329 e. The molecule has 2 aromatic carbocycles. The van der Waals surface area contributed by atoms with Crippen molar-refractivity contribution in [3.05, 3.63) is 81.4 Å². The number of halogens is 1. The summed E-state index contributed by atoms with van der Waals surface area (Å²) in [6.07, 6.45) is 1.73. The Kier molecular flexibility index (Phi) is 6.05. The number of carbonyl (C=O) groups excluding carboxylic acids is 1. The first-order valence-electron chi connectivity index (χ1n) is 9.31. The molecule has 5 nitrogen and oxygen atoms in total. The fourth-order valence-corrected chi connectivity index (χ4v) is 3.39. The second-order valence-electron chi connectivity index (χ2n) is 6.88. The second kappa shape index (κ2) is 8.48. The highest BCUT2D eigenvalue weighted by Crippen LogP contribution is 2.21. The summed E-state index contributed by atoms with van der Waals surface area (Å²) in [4.78, 5) is 25.2. The molecule has 28 heavy (non-hydrogen) atoms. The van der Waals surface area contributed by atoms with Gasteiger partial charge in [0.2, 0.25) is 5.91 Å². The minimum atomic E-state index is -0.203. The molecule has 3 aromatic rings. The first-order valence-corrected chi connectivity index (χ1v) is 9.68. The third-order valence-electron chi connectivity index (χ3n) is 4.74. The van der Waals surface area contributed by atoms with Gasteiger partial charge in [0.25, 0.3) is 0 Å². The van der Waals surface area contributed by atoms with Crippen molar-refractivity contribution in [1.29, 1.82) is 0 Å². The molecular formula is C22H24ClN3O2. The summed E-state index contributed by atoms with van der Waals surface area (Å²) in [7, 11) is 0. The topological polar surface area (TPSA) is 56.0 Å². The van der Waals surface area contributed by atoms with Crippen LogP contribution in [0.3, 0.4) is 0 Å². The van der Waals surface area contributed by atoms with Crippen LogP contribution in [0.2, 0.25) is 5.02 Å².